The van der Waals surface area contributed by atoms with E-state index in [0.717, 1.165) is 30.3 Å². The Morgan fingerprint density at radius 1 is 1.50 bits per heavy atom. The van der Waals surface area contributed by atoms with Crippen LogP contribution in [0, 0.1) is 0 Å². The van der Waals surface area contributed by atoms with Crippen molar-refractivity contribution in [1.82, 2.24) is 0 Å². The van der Waals surface area contributed by atoms with Gasteiger partial charge in [-0.15, -0.1) is 0 Å². The van der Waals surface area contributed by atoms with Crippen molar-refractivity contribution in [3.8, 4) is 0 Å². The Bertz CT molecular complexity index is 513. The second-order valence-electron chi connectivity index (χ2n) is 5.10. The third kappa shape index (κ3) is 3.34. The van der Waals surface area contributed by atoms with Crippen molar-refractivity contribution < 1.29 is 9.90 Å². The number of benzene rings is 1. The zero-order valence-corrected chi connectivity index (χ0v) is 12.4. The summed E-state index contributed by atoms with van der Waals surface area (Å²) in [5.74, 6) is -0.957. The summed E-state index contributed by atoms with van der Waals surface area (Å²) in [4.78, 5) is 13.1. The maximum absolute atomic E-state index is 10.7. The maximum Gasteiger partial charge on any atom is 0.328 e. The van der Waals surface area contributed by atoms with Gasteiger partial charge in [0.15, 0.2) is 0 Å². The molecule has 0 saturated carbocycles. The first-order valence-electron chi connectivity index (χ1n) is 7.09. The standard InChI is InChI=1S/C16H20ClNO2/c1-2-12-6-3-4-11-18(12)15-8-5-7-14(17)13(15)9-10-16(19)20/h5,7-10,12H,2-4,6,11H2,1H3,(H,19,20)/b10-9+. The van der Waals surface area contributed by atoms with E-state index >= 15 is 0 Å². The van der Waals surface area contributed by atoms with Crippen molar-refractivity contribution in [2.45, 2.75) is 38.6 Å². The van der Waals surface area contributed by atoms with Gasteiger partial charge in [-0.2, -0.15) is 0 Å². The molecule has 1 aromatic carbocycles. The van der Waals surface area contributed by atoms with E-state index < -0.39 is 5.97 Å². The Hall–Kier alpha value is -1.48. The van der Waals surface area contributed by atoms with Gasteiger partial charge in [-0.05, 0) is 43.9 Å². The van der Waals surface area contributed by atoms with Crippen LogP contribution in [0.1, 0.15) is 38.2 Å². The zero-order valence-electron chi connectivity index (χ0n) is 11.7. The third-order valence-electron chi connectivity index (χ3n) is 3.83. The molecule has 20 heavy (non-hydrogen) atoms. The summed E-state index contributed by atoms with van der Waals surface area (Å²) in [5.41, 5.74) is 1.85. The van der Waals surface area contributed by atoms with Gasteiger partial charge in [0.1, 0.15) is 0 Å². The van der Waals surface area contributed by atoms with Gasteiger partial charge in [0.05, 0.1) is 0 Å². The number of hydrogen-bond donors (Lipinski definition) is 1. The SMILES string of the molecule is CCC1CCCCN1c1cccc(Cl)c1/C=C/C(=O)O. The molecule has 1 atom stereocenters. The van der Waals surface area contributed by atoms with Crippen LogP contribution in [0.2, 0.25) is 5.02 Å². The minimum Gasteiger partial charge on any atom is -0.478 e. The number of piperidine rings is 1. The molecule has 0 bridgehead atoms. The van der Waals surface area contributed by atoms with E-state index in [9.17, 15) is 4.79 Å². The molecule has 1 N–H and O–H groups in total. The monoisotopic (exact) mass is 293 g/mol. The van der Waals surface area contributed by atoms with Crippen molar-refractivity contribution in [2.75, 3.05) is 11.4 Å². The Labute approximate surface area is 124 Å². The molecule has 108 valence electrons. The first-order valence-corrected chi connectivity index (χ1v) is 7.47. The number of carbonyl (C=O) groups is 1. The van der Waals surface area contributed by atoms with Crippen LogP contribution in [0.4, 0.5) is 5.69 Å². The van der Waals surface area contributed by atoms with E-state index in [2.05, 4.69) is 11.8 Å². The molecule has 1 aliphatic heterocycles. The van der Waals surface area contributed by atoms with Crippen molar-refractivity contribution in [1.29, 1.82) is 0 Å². The van der Waals surface area contributed by atoms with Gasteiger partial charge in [0.25, 0.3) is 0 Å². The molecule has 1 aliphatic rings. The van der Waals surface area contributed by atoms with E-state index in [1.807, 2.05) is 12.1 Å². The molecule has 1 fully saturated rings. The van der Waals surface area contributed by atoms with Crippen molar-refractivity contribution >= 4 is 29.3 Å². The van der Waals surface area contributed by atoms with E-state index in [1.165, 1.54) is 19.3 Å². The highest BCUT2D eigenvalue weighted by Gasteiger charge is 2.23. The molecular formula is C16H20ClNO2. The average molecular weight is 294 g/mol. The maximum atomic E-state index is 10.7. The van der Waals surface area contributed by atoms with E-state index in [0.29, 0.717) is 11.1 Å². The van der Waals surface area contributed by atoms with E-state index in [4.69, 9.17) is 16.7 Å². The number of anilines is 1. The van der Waals surface area contributed by atoms with Gasteiger partial charge in [-0.1, -0.05) is 24.6 Å². The van der Waals surface area contributed by atoms with E-state index in [-0.39, 0.29) is 0 Å². The quantitative estimate of drug-likeness (QED) is 0.846. The topological polar surface area (TPSA) is 40.5 Å². The van der Waals surface area contributed by atoms with Crippen molar-refractivity contribution in [2.24, 2.45) is 0 Å². The lowest BCUT2D eigenvalue weighted by molar-refractivity contribution is -0.131. The Morgan fingerprint density at radius 2 is 2.30 bits per heavy atom. The number of aliphatic carboxylic acids is 1. The number of carboxylic acid groups (broad SMARTS) is 1. The Balaban J connectivity index is 2.39. The minimum absolute atomic E-state index is 0.513. The number of hydrogen-bond acceptors (Lipinski definition) is 2. The zero-order chi connectivity index (χ0) is 14.5. The van der Waals surface area contributed by atoms with Crippen LogP contribution in [-0.4, -0.2) is 23.7 Å². The molecule has 2 rings (SSSR count). The van der Waals surface area contributed by atoms with Crippen molar-refractivity contribution in [3.05, 3.63) is 34.9 Å². The third-order valence-corrected chi connectivity index (χ3v) is 4.16. The molecular weight excluding hydrogens is 274 g/mol. The summed E-state index contributed by atoms with van der Waals surface area (Å²) >= 11 is 6.25. The van der Waals surface area contributed by atoms with Crippen LogP contribution in [0.15, 0.2) is 24.3 Å². The average Bonchev–Trinajstić information content (AvgIpc) is 2.45. The van der Waals surface area contributed by atoms with Gasteiger partial charge >= 0.3 is 5.97 Å². The molecule has 0 aliphatic carbocycles. The fourth-order valence-corrected chi connectivity index (χ4v) is 3.07. The molecule has 0 spiro atoms. The number of rotatable bonds is 4. The Kier molecular flexibility index (Phi) is 5.07. The Morgan fingerprint density at radius 3 is 3.00 bits per heavy atom. The largest absolute Gasteiger partial charge is 0.478 e. The second-order valence-corrected chi connectivity index (χ2v) is 5.50. The summed E-state index contributed by atoms with van der Waals surface area (Å²) in [6, 6.07) is 6.27. The predicted molar refractivity (Wildman–Crippen MR) is 83.4 cm³/mol. The fourth-order valence-electron chi connectivity index (χ4n) is 2.84. The lowest BCUT2D eigenvalue weighted by Gasteiger charge is -2.38. The van der Waals surface area contributed by atoms with Gasteiger partial charge in [-0.3, -0.25) is 0 Å². The van der Waals surface area contributed by atoms with Crippen LogP contribution < -0.4 is 4.90 Å². The van der Waals surface area contributed by atoms with E-state index in [1.54, 1.807) is 12.1 Å². The minimum atomic E-state index is -0.957. The molecule has 0 aromatic heterocycles. The summed E-state index contributed by atoms with van der Waals surface area (Å²) in [5, 5.41) is 9.42. The molecule has 3 nitrogen and oxygen atoms in total. The predicted octanol–water partition coefficient (Wildman–Crippen LogP) is 4.21. The van der Waals surface area contributed by atoms with Gasteiger partial charge in [0.2, 0.25) is 0 Å². The molecule has 0 radical (unpaired) electrons. The molecule has 1 saturated heterocycles. The lowest BCUT2D eigenvalue weighted by Crippen LogP contribution is -2.39. The highest BCUT2D eigenvalue weighted by Crippen LogP contribution is 2.33. The highest BCUT2D eigenvalue weighted by atomic mass is 35.5. The van der Waals surface area contributed by atoms with Gasteiger partial charge in [-0.25, -0.2) is 4.79 Å². The molecule has 1 aromatic rings. The summed E-state index contributed by atoms with van der Waals surface area (Å²) in [7, 11) is 0. The van der Waals surface area contributed by atoms with Crippen LogP contribution in [0.5, 0.6) is 0 Å². The second kappa shape index (κ2) is 6.80. The lowest BCUT2D eigenvalue weighted by atomic mass is 9.98. The van der Waals surface area contributed by atoms with Crippen LogP contribution in [-0.2, 0) is 4.79 Å². The van der Waals surface area contributed by atoms with Crippen molar-refractivity contribution in [3.63, 3.8) is 0 Å². The van der Waals surface area contributed by atoms with Gasteiger partial charge < -0.3 is 10.0 Å². The number of halogens is 1. The molecule has 4 heteroatoms. The smallest absolute Gasteiger partial charge is 0.328 e. The summed E-state index contributed by atoms with van der Waals surface area (Å²) in [6.45, 7) is 3.20. The van der Waals surface area contributed by atoms with Crippen LogP contribution >= 0.6 is 11.6 Å². The van der Waals surface area contributed by atoms with Crippen LogP contribution in [0.3, 0.4) is 0 Å². The highest BCUT2D eigenvalue weighted by molar-refractivity contribution is 6.32. The molecule has 1 unspecified atom stereocenters. The molecule has 1 heterocycles. The molecule has 0 amide bonds. The summed E-state index contributed by atoms with van der Waals surface area (Å²) < 4.78 is 0. The number of nitrogens with zero attached hydrogens (tertiary/aromatic N) is 1. The fraction of sp³-hybridized carbons (Fsp3) is 0.438. The van der Waals surface area contributed by atoms with Gasteiger partial charge in [0, 0.05) is 34.9 Å². The number of carboxylic acids is 1. The first-order chi connectivity index (χ1) is 9.63. The van der Waals surface area contributed by atoms with Crippen LogP contribution in [0.25, 0.3) is 6.08 Å². The normalized spacial score (nSPS) is 19.5. The summed E-state index contributed by atoms with van der Waals surface area (Å²) in [6.07, 6.45) is 7.46. The first kappa shape index (κ1) is 14.9.